The first-order valence-electron chi connectivity index (χ1n) is 7.39. The molecule has 1 aliphatic rings. The van der Waals surface area contributed by atoms with Crippen molar-refractivity contribution in [2.75, 3.05) is 23.7 Å². The maximum atomic E-state index is 9.63. The lowest BCUT2D eigenvalue weighted by molar-refractivity contribution is 0.474. The zero-order chi connectivity index (χ0) is 14.8. The Morgan fingerprint density at radius 3 is 2.67 bits per heavy atom. The van der Waals surface area contributed by atoms with Crippen molar-refractivity contribution < 1.29 is 5.11 Å². The summed E-state index contributed by atoms with van der Waals surface area (Å²) in [5.41, 5.74) is 8.77. The number of aryl methyl sites for hydroxylation is 1. The van der Waals surface area contributed by atoms with Crippen LogP contribution in [-0.2, 0) is 6.42 Å². The molecule has 5 nitrogen and oxygen atoms in total. The second-order valence-electron chi connectivity index (χ2n) is 5.36. The quantitative estimate of drug-likeness (QED) is 0.906. The molecule has 1 aromatic heterocycles. The molecule has 0 radical (unpaired) electrons. The second-order valence-corrected chi connectivity index (χ2v) is 5.36. The summed E-state index contributed by atoms with van der Waals surface area (Å²) in [7, 11) is 0. The summed E-state index contributed by atoms with van der Waals surface area (Å²) in [6, 6.07) is 7.35. The van der Waals surface area contributed by atoms with Gasteiger partial charge < -0.3 is 15.7 Å². The lowest BCUT2D eigenvalue weighted by Crippen LogP contribution is -2.19. The zero-order valence-corrected chi connectivity index (χ0v) is 12.2. The highest BCUT2D eigenvalue weighted by Crippen LogP contribution is 2.29. The van der Waals surface area contributed by atoms with Crippen molar-refractivity contribution in [1.82, 2.24) is 9.97 Å². The molecule has 2 aromatic rings. The molecule has 1 aliphatic heterocycles. The highest BCUT2D eigenvalue weighted by molar-refractivity contribution is 5.68. The number of rotatable bonds is 3. The fraction of sp³-hybridized carbons (Fsp3) is 0.375. The summed E-state index contributed by atoms with van der Waals surface area (Å²) in [4.78, 5) is 11.0. The Labute approximate surface area is 124 Å². The number of aromatic nitrogens is 2. The summed E-state index contributed by atoms with van der Waals surface area (Å²) in [6.07, 6.45) is 3.21. The molecule has 0 atom stereocenters. The minimum Gasteiger partial charge on any atom is -0.508 e. The Morgan fingerprint density at radius 1 is 1.19 bits per heavy atom. The minimum atomic E-state index is 0.275. The molecule has 0 unspecified atom stereocenters. The fourth-order valence-electron chi connectivity index (χ4n) is 2.82. The predicted molar refractivity (Wildman–Crippen MR) is 84.4 cm³/mol. The predicted octanol–water partition coefficient (Wildman–Crippen LogP) is 2.59. The van der Waals surface area contributed by atoms with Gasteiger partial charge in [0, 0.05) is 24.7 Å². The van der Waals surface area contributed by atoms with Gasteiger partial charge in [0.05, 0.1) is 5.69 Å². The van der Waals surface area contributed by atoms with Gasteiger partial charge in [0.25, 0.3) is 0 Å². The number of phenols is 1. The summed E-state index contributed by atoms with van der Waals surface area (Å²) >= 11 is 0. The van der Waals surface area contributed by atoms with Crippen LogP contribution in [0.1, 0.15) is 25.3 Å². The van der Waals surface area contributed by atoms with E-state index in [1.807, 2.05) is 12.1 Å². The molecule has 21 heavy (non-hydrogen) atoms. The Kier molecular flexibility index (Phi) is 3.64. The van der Waals surface area contributed by atoms with Crippen LogP contribution in [0.4, 0.5) is 11.8 Å². The van der Waals surface area contributed by atoms with E-state index in [0.29, 0.717) is 5.95 Å². The third-order valence-corrected chi connectivity index (χ3v) is 3.91. The highest BCUT2D eigenvalue weighted by atomic mass is 16.3. The average Bonchev–Trinajstić information content (AvgIpc) is 3.00. The van der Waals surface area contributed by atoms with E-state index >= 15 is 0 Å². The van der Waals surface area contributed by atoms with E-state index in [9.17, 15) is 5.11 Å². The van der Waals surface area contributed by atoms with Crippen molar-refractivity contribution in [3.8, 4) is 17.0 Å². The molecule has 5 heteroatoms. The second kappa shape index (κ2) is 5.60. The molecule has 2 heterocycles. The molecule has 1 fully saturated rings. The number of aromatic hydroxyl groups is 1. The van der Waals surface area contributed by atoms with E-state index in [4.69, 9.17) is 5.73 Å². The fourth-order valence-corrected chi connectivity index (χ4v) is 2.82. The molecule has 0 aliphatic carbocycles. The van der Waals surface area contributed by atoms with Crippen LogP contribution in [0.15, 0.2) is 24.3 Å². The number of phenolic OH excluding ortho intramolecular Hbond substituents is 1. The molecule has 1 saturated heterocycles. The number of nitrogens with two attached hydrogens (primary N) is 1. The third kappa shape index (κ3) is 2.77. The maximum absolute atomic E-state index is 9.63. The lowest BCUT2D eigenvalue weighted by atomic mass is 10.0. The van der Waals surface area contributed by atoms with Gasteiger partial charge in [0.2, 0.25) is 5.95 Å². The van der Waals surface area contributed by atoms with Crippen molar-refractivity contribution in [1.29, 1.82) is 0 Å². The lowest BCUT2D eigenvalue weighted by Gasteiger charge is -2.18. The molecule has 3 N–H and O–H groups in total. The van der Waals surface area contributed by atoms with Gasteiger partial charge in [-0.1, -0.05) is 6.92 Å². The number of benzene rings is 1. The van der Waals surface area contributed by atoms with E-state index < -0.39 is 0 Å². The Bertz CT molecular complexity index is 651. The summed E-state index contributed by atoms with van der Waals surface area (Å²) in [5, 5.41) is 9.63. The van der Waals surface area contributed by atoms with Crippen LogP contribution < -0.4 is 10.6 Å². The number of hydrogen-bond donors (Lipinski definition) is 2. The minimum absolute atomic E-state index is 0.275. The van der Waals surface area contributed by atoms with Gasteiger partial charge in [0.1, 0.15) is 11.6 Å². The molecular formula is C16H20N4O. The van der Waals surface area contributed by atoms with Crippen LogP contribution in [0.25, 0.3) is 11.3 Å². The Balaban J connectivity index is 2.05. The first-order valence-corrected chi connectivity index (χ1v) is 7.39. The monoisotopic (exact) mass is 284 g/mol. The summed E-state index contributed by atoms with van der Waals surface area (Å²) in [5.74, 6) is 1.46. The van der Waals surface area contributed by atoms with E-state index in [0.717, 1.165) is 42.1 Å². The van der Waals surface area contributed by atoms with Gasteiger partial charge >= 0.3 is 0 Å². The standard InChI is InChI=1S/C16H20N4O/c1-2-11-9-12(21)5-6-13(11)14-10-15(19-16(17)18-14)20-7-3-4-8-20/h5-6,9-10,21H,2-4,7-8H2,1H3,(H2,17,18,19). The van der Waals surface area contributed by atoms with Gasteiger partial charge in [-0.05, 0) is 43.0 Å². The first kappa shape index (κ1) is 13.7. The molecule has 0 amide bonds. The van der Waals surface area contributed by atoms with Gasteiger partial charge in [-0.2, -0.15) is 4.98 Å². The normalized spacial score (nSPS) is 14.6. The number of hydrogen-bond acceptors (Lipinski definition) is 5. The smallest absolute Gasteiger partial charge is 0.222 e. The average molecular weight is 284 g/mol. The van der Waals surface area contributed by atoms with Gasteiger partial charge in [-0.25, -0.2) is 4.98 Å². The largest absolute Gasteiger partial charge is 0.508 e. The number of nitrogens with zero attached hydrogens (tertiary/aromatic N) is 3. The topological polar surface area (TPSA) is 75.3 Å². The van der Waals surface area contributed by atoms with Crippen LogP contribution in [0, 0.1) is 0 Å². The maximum Gasteiger partial charge on any atom is 0.222 e. The zero-order valence-electron chi connectivity index (χ0n) is 12.2. The van der Waals surface area contributed by atoms with Gasteiger partial charge in [-0.3, -0.25) is 0 Å². The Hall–Kier alpha value is -2.30. The van der Waals surface area contributed by atoms with Crippen molar-refractivity contribution in [2.24, 2.45) is 0 Å². The van der Waals surface area contributed by atoms with Crippen LogP contribution in [0.5, 0.6) is 5.75 Å². The molecule has 110 valence electrons. The van der Waals surface area contributed by atoms with Crippen LogP contribution in [-0.4, -0.2) is 28.2 Å². The molecule has 1 aromatic carbocycles. The van der Waals surface area contributed by atoms with Crippen molar-refractivity contribution in [3.05, 3.63) is 29.8 Å². The Morgan fingerprint density at radius 2 is 1.95 bits per heavy atom. The number of anilines is 2. The van der Waals surface area contributed by atoms with E-state index in [2.05, 4.69) is 21.8 Å². The summed E-state index contributed by atoms with van der Waals surface area (Å²) in [6.45, 7) is 4.10. The van der Waals surface area contributed by atoms with Crippen molar-refractivity contribution in [2.45, 2.75) is 26.2 Å². The molecule has 0 spiro atoms. The third-order valence-electron chi connectivity index (χ3n) is 3.91. The molecule has 0 saturated carbocycles. The van der Waals surface area contributed by atoms with E-state index in [-0.39, 0.29) is 5.75 Å². The van der Waals surface area contributed by atoms with E-state index in [1.165, 1.54) is 12.8 Å². The van der Waals surface area contributed by atoms with E-state index in [1.54, 1.807) is 12.1 Å². The first-order chi connectivity index (χ1) is 10.2. The van der Waals surface area contributed by atoms with Crippen molar-refractivity contribution in [3.63, 3.8) is 0 Å². The molecular weight excluding hydrogens is 264 g/mol. The van der Waals surface area contributed by atoms with Gasteiger partial charge in [0.15, 0.2) is 0 Å². The number of nitrogen functional groups attached to an aromatic ring is 1. The van der Waals surface area contributed by atoms with Crippen LogP contribution >= 0.6 is 0 Å². The molecule has 0 bridgehead atoms. The van der Waals surface area contributed by atoms with Crippen LogP contribution in [0.2, 0.25) is 0 Å². The van der Waals surface area contributed by atoms with Crippen molar-refractivity contribution >= 4 is 11.8 Å². The van der Waals surface area contributed by atoms with Gasteiger partial charge in [-0.15, -0.1) is 0 Å². The highest BCUT2D eigenvalue weighted by Gasteiger charge is 2.16. The SMILES string of the molecule is CCc1cc(O)ccc1-c1cc(N2CCCC2)nc(N)n1. The summed E-state index contributed by atoms with van der Waals surface area (Å²) < 4.78 is 0. The van der Waals surface area contributed by atoms with Crippen LogP contribution in [0.3, 0.4) is 0 Å². The molecule has 3 rings (SSSR count).